The highest BCUT2D eigenvalue weighted by molar-refractivity contribution is 7.89. The summed E-state index contributed by atoms with van der Waals surface area (Å²) >= 11 is 0. The second-order valence-corrected chi connectivity index (χ2v) is 7.65. The Morgan fingerprint density at radius 2 is 2.18 bits per heavy atom. The van der Waals surface area contributed by atoms with E-state index in [9.17, 15) is 8.42 Å². The van der Waals surface area contributed by atoms with Crippen LogP contribution in [0.1, 0.15) is 24.8 Å². The highest BCUT2D eigenvalue weighted by Crippen LogP contribution is 2.25. The van der Waals surface area contributed by atoms with Gasteiger partial charge >= 0.3 is 0 Å². The fourth-order valence-corrected chi connectivity index (χ4v) is 3.18. The highest BCUT2D eigenvalue weighted by atomic mass is 32.2. The van der Waals surface area contributed by atoms with Crippen molar-refractivity contribution < 1.29 is 8.42 Å². The molecule has 0 atom stereocenters. The third kappa shape index (κ3) is 5.65. The molecule has 0 aromatic heterocycles. The van der Waals surface area contributed by atoms with Crippen LogP contribution in [0.3, 0.4) is 0 Å². The minimum Gasteiger partial charge on any atom is -0.370 e. The van der Waals surface area contributed by atoms with E-state index in [1.54, 1.807) is 0 Å². The number of aryl methyl sites for hydroxylation is 1. The molecule has 0 aliphatic heterocycles. The monoisotopic (exact) mass is 324 g/mol. The molecule has 1 aliphatic rings. The topological polar surface area (TPSA) is 96.6 Å². The number of aliphatic imine (C=N–C) groups is 1. The molecule has 1 saturated carbocycles. The van der Waals surface area contributed by atoms with Crippen molar-refractivity contribution in [2.75, 3.05) is 24.2 Å². The van der Waals surface area contributed by atoms with E-state index in [-0.39, 0.29) is 18.3 Å². The minimum atomic E-state index is -3.27. The lowest BCUT2D eigenvalue weighted by Gasteiger charge is -2.25. The number of rotatable bonds is 7. The molecule has 1 aromatic rings. The van der Waals surface area contributed by atoms with Crippen molar-refractivity contribution in [3.63, 3.8) is 0 Å². The third-order valence-electron chi connectivity index (χ3n) is 3.75. The summed E-state index contributed by atoms with van der Waals surface area (Å²) in [5, 5.41) is 2.95. The van der Waals surface area contributed by atoms with Crippen LogP contribution in [0.15, 0.2) is 29.3 Å². The molecular weight excluding hydrogens is 300 g/mol. The Labute approximate surface area is 132 Å². The molecule has 1 aliphatic carbocycles. The Bertz CT molecular complexity index is 624. The predicted octanol–water partition coefficient (Wildman–Crippen LogP) is 1.44. The molecule has 1 fully saturated rings. The second-order valence-electron chi connectivity index (χ2n) is 5.73. The van der Waals surface area contributed by atoms with Crippen LogP contribution in [0, 0.1) is 12.8 Å². The van der Waals surface area contributed by atoms with Crippen molar-refractivity contribution in [1.82, 2.24) is 4.72 Å². The molecule has 4 N–H and O–H groups in total. The average molecular weight is 324 g/mol. The lowest BCUT2D eigenvalue weighted by Crippen LogP contribution is -2.34. The minimum absolute atomic E-state index is 0.0457. The third-order valence-corrected chi connectivity index (χ3v) is 5.08. The number of nitrogens with one attached hydrogen (secondary N) is 2. The Morgan fingerprint density at radius 1 is 1.41 bits per heavy atom. The van der Waals surface area contributed by atoms with Gasteiger partial charge in [0.2, 0.25) is 10.0 Å². The Kier molecular flexibility index (Phi) is 5.79. The van der Waals surface area contributed by atoms with E-state index in [1.807, 2.05) is 31.2 Å². The van der Waals surface area contributed by atoms with Gasteiger partial charge in [-0.2, -0.15) is 0 Å². The van der Waals surface area contributed by atoms with Crippen LogP contribution in [-0.4, -0.2) is 33.2 Å². The van der Waals surface area contributed by atoms with Crippen LogP contribution >= 0.6 is 0 Å². The summed E-state index contributed by atoms with van der Waals surface area (Å²) in [7, 11) is -3.27. The molecule has 0 bridgehead atoms. The summed E-state index contributed by atoms with van der Waals surface area (Å²) in [4.78, 5) is 4.06. The molecule has 7 heteroatoms. The maximum absolute atomic E-state index is 11.8. The van der Waals surface area contributed by atoms with Gasteiger partial charge in [-0.15, -0.1) is 0 Å². The standard InChI is InChI=1S/C15H24N4O2S/c1-12-4-2-7-14(10-12)19-15(16)17-8-9-22(20,21)18-11-13-5-3-6-13/h2,4,7,10,13,18H,3,5-6,8-9,11H2,1H3,(H3,16,17,19). The van der Waals surface area contributed by atoms with Crippen LogP contribution in [0.25, 0.3) is 0 Å². The van der Waals surface area contributed by atoms with Crippen LogP contribution in [0.5, 0.6) is 0 Å². The average Bonchev–Trinajstić information content (AvgIpc) is 2.36. The number of hydrogen-bond donors (Lipinski definition) is 3. The summed E-state index contributed by atoms with van der Waals surface area (Å²) in [5.41, 5.74) is 7.71. The summed E-state index contributed by atoms with van der Waals surface area (Å²) < 4.78 is 26.3. The fraction of sp³-hybridized carbons (Fsp3) is 0.533. The molecule has 6 nitrogen and oxygen atoms in total. The Balaban J connectivity index is 1.75. The van der Waals surface area contributed by atoms with Crippen molar-refractivity contribution in [3.05, 3.63) is 29.8 Å². The van der Waals surface area contributed by atoms with Crippen molar-refractivity contribution in [2.24, 2.45) is 16.6 Å². The van der Waals surface area contributed by atoms with Crippen molar-refractivity contribution >= 4 is 21.7 Å². The first-order chi connectivity index (χ1) is 10.4. The molecule has 0 unspecified atom stereocenters. The summed E-state index contributed by atoms with van der Waals surface area (Å²) in [6, 6.07) is 7.73. The van der Waals surface area contributed by atoms with Crippen LogP contribution < -0.4 is 15.8 Å². The zero-order valence-electron chi connectivity index (χ0n) is 12.9. The maximum Gasteiger partial charge on any atom is 0.213 e. The molecule has 22 heavy (non-hydrogen) atoms. The summed E-state index contributed by atoms with van der Waals surface area (Å²) in [5.74, 6) is 0.682. The van der Waals surface area contributed by atoms with Crippen LogP contribution in [0.2, 0.25) is 0 Å². The number of benzene rings is 1. The fourth-order valence-electron chi connectivity index (χ4n) is 2.21. The Morgan fingerprint density at radius 3 is 2.82 bits per heavy atom. The first-order valence-corrected chi connectivity index (χ1v) is 9.21. The number of anilines is 1. The quantitative estimate of drug-likeness (QED) is 0.522. The zero-order chi connectivity index (χ0) is 16.0. The van der Waals surface area contributed by atoms with Gasteiger partial charge < -0.3 is 11.1 Å². The molecular formula is C15H24N4O2S. The van der Waals surface area contributed by atoms with Gasteiger partial charge in [0, 0.05) is 12.2 Å². The number of guanidine groups is 1. The molecule has 0 heterocycles. The second kappa shape index (κ2) is 7.60. The number of hydrogen-bond acceptors (Lipinski definition) is 3. The van der Waals surface area contributed by atoms with Gasteiger partial charge in [-0.05, 0) is 43.4 Å². The first kappa shape index (κ1) is 16.8. The van der Waals surface area contributed by atoms with Crippen molar-refractivity contribution in [3.8, 4) is 0 Å². The zero-order valence-corrected chi connectivity index (χ0v) is 13.7. The molecule has 1 aromatic carbocycles. The van der Waals surface area contributed by atoms with Crippen molar-refractivity contribution in [2.45, 2.75) is 26.2 Å². The highest BCUT2D eigenvalue weighted by Gasteiger charge is 2.19. The Hall–Kier alpha value is -1.60. The first-order valence-electron chi connectivity index (χ1n) is 7.55. The van der Waals surface area contributed by atoms with Gasteiger partial charge in [-0.1, -0.05) is 18.6 Å². The largest absolute Gasteiger partial charge is 0.370 e. The number of nitrogens with two attached hydrogens (primary N) is 1. The maximum atomic E-state index is 11.8. The SMILES string of the molecule is Cc1cccc(NC(N)=NCCS(=O)(=O)NCC2CCC2)c1. The van der Waals surface area contributed by atoms with Crippen molar-refractivity contribution in [1.29, 1.82) is 0 Å². The van der Waals surface area contributed by atoms with E-state index >= 15 is 0 Å². The molecule has 0 saturated heterocycles. The molecule has 122 valence electrons. The van der Waals surface area contributed by atoms with Gasteiger partial charge in [-0.25, -0.2) is 13.1 Å². The van der Waals surface area contributed by atoms with Gasteiger partial charge in [0.1, 0.15) is 0 Å². The molecule has 0 radical (unpaired) electrons. The van der Waals surface area contributed by atoms with Gasteiger partial charge in [0.25, 0.3) is 0 Å². The lowest BCUT2D eigenvalue weighted by molar-refractivity contribution is 0.316. The van der Waals surface area contributed by atoms with E-state index in [1.165, 1.54) is 6.42 Å². The van der Waals surface area contributed by atoms with E-state index < -0.39 is 10.0 Å². The smallest absolute Gasteiger partial charge is 0.213 e. The van der Waals surface area contributed by atoms with Gasteiger partial charge in [-0.3, -0.25) is 4.99 Å². The van der Waals surface area contributed by atoms with Crippen LogP contribution in [-0.2, 0) is 10.0 Å². The number of nitrogens with zero attached hydrogens (tertiary/aromatic N) is 1. The van der Waals surface area contributed by atoms with E-state index in [4.69, 9.17) is 5.73 Å². The lowest BCUT2D eigenvalue weighted by atomic mass is 9.86. The van der Waals surface area contributed by atoms with E-state index in [0.717, 1.165) is 24.1 Å². The normalized spacial score (nSPS) is 16.3. The van der Waals surface area contributed by atoms with Gasteiger partial charge in [0.15, 0.2) is 5.96 Å². The van der Waals surface area contributed by atoms with Gasteiger partial charge in [0.05, 0.1) is 12.3 Å². The molecule has 0 amide bonds. The summed E-state index contributed by atoms with van der Waals surface area (Å²) in [6.45, 7) is 2.67. The van der Waals surface area contributed by atoms with E-state index in [2.05, 4.69) is 15.0 Å². The number of sulfonamides is 1. The molecule has 2 rings (SSSR count). The summed E-state index contributed by atoms with van der Waals surface area (Å²) in [6.07, 6.45) is 3.44. The predicted molar refractivity (Wildman–Crippen MR) is 90.4 cm³/mol. The molecule has 0 spiro atoms. The van der Waals surface area contributed by atoms with Crippen LogP contribution in [0.4, 0.5) is 5.69 Å². The van der Waals surface area contributed by atoms with E-state index in [0.29, 0.717) is 12.5 Å².